The van der Waals surface area contributed by atoms with Gasteiger partial charge < -0.3 is 29.5 Å². The average molecular weight is 945 g/mol. The van der Waals surface area contributed by atoms with E-state index in [1.165, 1.54) is 0 Å². The molecular weight excluding hydrogens is 885 g/mol. The lowest BCUT2D eigenvalue weighted by molar-refractivity contribution is 0.126. The molecule has 0 aliphatic heterocycles. The lowest BCUT2D eigenvalue weighted by Gasteiger charge is -2.22. The quantitative estimate of drug-likeness (QED) is 0.0370. The third kappa shape index (κ3) is 11.4. The fraction of sp³-hybridized carbons (Fsp3) is 0.286. The fourth-order valence-corrected chi connectivity index (χ4v) is 10.6. The van der Waals surface area contributed by atoms with Crippen LogP contribution in [0.1, 0.15) is 61.1 Å². The number of nitrogens with zero attached hydrogens (tertiary/aromatic N) is 6. The van der Waals surface area contributed by atoms with Crippen LogP contribution in [0.15, 0.2) is 154 Å². The fourth-order valence-electron chi connectivity index (χ4n) is 8.61. The number of ether oxygens (including phenoxy) is 2. The van der Waals surface area contributed by atoms with Gasteiger partial charge in [0.1, 0.15) is 36.1 Å². The molecule has 2 aliphatic carbocycles. The molecule has 0 amide bonds. The molecule has 0 saturated heterocycles. The Hall–Kier alpha value is -6.18. The van der Waals surface area contributed by atoms with E-state index in [0.717, 1.165) is 116 Å². The molecule has 6 aromatic rings. The van der Waals surface area contributed by atoms with Gasteiger partial charge in [-0.3, -0.25) is 0 Å². The summed E-state index contributed by atoms with van der Waals surface area (Å²) < 4.78 is 12.6. The van der Waals surface area contributed by atoms with E-state index in [0.29, 0.717) is 23.0 Å². The Labute approximate surface area is 409 Å². The first-order chi connectivity index (χ1) is 33.4. The number of thioether (sulfide) groups is 2. The number of aliphatic hydroxyl groups is 2. The van der Waals surface area contributed by atoms with E-state index < -0.39 is 12.2 Å². The van der Waals surface area contributed by atoms with Crippen LogP contribution in [0, 0.1) is 0 Å². The summed E-state index contributed by atoms with van der Waals surface area (Å²) in [4.78, 5) is 4.52. The van der Waals surface area contributed by atoms with Gasteiger partial charge in [-0.15, -0.1) is 10.2 Å². The normalized spacial score (nSPS) is 13.3. The Bertz CT molecular complexity index is 2500. The summed E-state index contributed by atoms with van der Waals surface area (Å²) >= 11 is 3.34. The molecule has 2 unspecified atom stereocenters. The van der Waals surface area contributed by atoms with Crippen LogP contribution in [0.25, 0.3) is 22.3 Å². The van der Waals surface area contributed by atoms with E-state index in [1.807, 2.05) is 72.8 Å². The molecule has 0 radical (unpaired) electrons. The van der Waals surface area contributed by atoms with E-state index in [4.69, 9.17) is 19.7 Å². The largest absolute Gasteiger partial charge is 0.490 e. The lowest BCUT2D eigenvalue weighted by atomic mass is 10.1. The topological polar surface area (TPSA) is 115 Å². The number of rotatable bonds is 23. The van der Waals surface area contributed by atoms with Crippen molar-refractivity contribution in [3.05, 3.63) is 167 Å². The van der Waals surface area contributed by atoms with Gasteiger partial charge in [-0.1, -0.05) is 97.1 Å². The monoisotopic (exact) mass is 944 g/mol. The van der Waals surface area contributed by atoms with Crippen molar-refractivity contribution in [2.45, 2.75) is 39.9 Å². The van der Waals surface area contributed by atoms with Crippen LogP contribution >= 0.6 is 23.5 Å². The second kappa shape index (κ2) is 23.7. The zero-order valence-electron chi connectivity index (χ0n) is 39.3. The smallest absolute Gasteiger partial charge is 0.130 e. The van der Waals surface area contributed by atoms with Gasteiger partial charge in [0.15, 0.2) is 0 Å². The Morgan fingerprint density at radius 2 is 0.794 bits per heavy atom. The molecular formula is C56H60N6O4S2. The summed E-state index contributed by atoms with van der Waals surface area (Å²) in [5.41, 5.74) is 14.3. The first-order valence-corrected chi connectivity index (χ1v) is 25.9. The number of anilines is 2. The highest BCUT2D eigenvalue weighted by atomic mass is 32.2. The molecule has 2 N–H and O–H groups in total. The van der Waals surface area contributed by atoms with Crippen LogP contribution in [-0.4, -0.2) is 109 Å². The van der Waals surface area contributed by atoms with Crippen LogP contribution in [0.4, 0.5) is 11.4 Å². The second-order valence-corrected chi connectivity index (χ2v) is 18.7. The van der Waals surface area contributed by atoms with Gasteiger partial charge in [-0.25, -0.2) is 0 Å². The molecule has 0 spiro atoms. The van der Waals surface area contributed by atoms with E-state index in [9.17, 15) is 10.2 Å². The van der Waals surface area contributed by atoms with Gasteiger partial charge in [-0.05, 0) is 74.2 Å². The number of benzene rings is 6. The van der Waals surface area contributed by atoms with Gasteiger partial charge in [0.25, 0.3) is 0 Å². The summed E-state index contributed by atoms with van der Waals surface area (Å²) in [7, 11) is 0. The highest BCUT2D eigenvalue weighted by Gasteiger charge is 2.25. The standard InChI is InChI=1S/C56H60N6O4S2/c1-5-61(6-2)41-27-25-39(33-57-59-55-49-21-13-9-17-45(49)46-18-10-14-22-50(46)55)53(31-41)65-35-43(63)37-67-29-30-68-38-44(64)36-66-54-32-42(62(7-3)8-4)28-26-40(54)34-58-60-56-51-23-15-11-19-47(51)48-20-12-16-24-52(48)56/h9-28,31-34,43-44,63-64H,5-8,29-30,35-38H2,1-4H3. The minimum Gasteiger partial charge on any atom is -0.490 e. The minimum atomic E-state index is -0.668. The van der Waals surface area contributed by atoms with Crippen molar-refractivity contribution < 1.29 is 19.7 Å². The molecule has 2 aliphatic rings. The molecule has 0 aromatic heterocycles. The third-order valence-corrected chi connectivity index (χ3v) is 14.6. The molecule has 68 heavy (non-hydrogen) atoms. The van der Waals surface area contributed by atoms with Crippen molar-refractivity contribution in [1.29, 1.82) is 0 Å². The van der Waals surface area contributed by atoms with E-state index in [2.05, 4.69) is 108 Å². The number of hydrogen-bond donors (Lipinski definition) is 2. The van der Waals surface area contributed by atoms with Gasteiger partial charge in [0, 0.05) is 106 Å². The predicted molar refractivity (Wildman–Crippen MR) is 288 cm³/mol. The first-order valence-electron chi connectivity index (χ1n) is 23.6. The Morgan fingerprint density at radius 1 is 0.471 bits per heavy atom. The van der Waals surface area contributed by atoms with Crippen molar-refractivity contribution in [3.63, 3.8) is 0 Å². The molecule has 6 aromatic carbocycles. The first kappa shape index (κ1) is 48.3. The van der Waals surface area contributed by atoms with Crippen LogP contribution in [0.2, 0.25) is 0 Å². The van der Waals surface area contributed by atoms with Crippen molar-refractivity contribution in [2.75, 3.05) is 72.2 Å². The SMILES string of the molecule is CCN(CC)c1ccc(C=NN=C2c3ccccc3-c3ccccc32)c(OCC(O)CSCCSCC(O)COc2cc(N(CC)CC)ccc2C=NN=C2c3ccccc3-c3ccccc32)c1. The van der Waals surface area contributed by atoms with Crippen LogP contribution in [-0.2, 0) is 0 Å². The van der Waals surface area contributed by atoms with Gasteiger partial charge >= 0.3 is 0 Å². The average Bonchev–Trinajstić information content (AvgIpc) is 3.87. The van der Waals surface area contributed by atoms with E-state index in [1.54, 1.807) is 36.0 Å². The van der Waals surface area contributed by atoms with E-state index >= 15 is 0 Å². The zero-order valence-corrected chi connectivity index (χ0v) is 40.9. The number of aliphatic hydroxyl groups excluding tert-OH is 2. The lowest BCUT2D eigenvalue weighted by Crippen LogP contribution is -2.23. The minimum absolute atomic E-state index is 0.144. The van der Waals surface area contributed by atoms with Crippen molar-refractivity contribution in [2.24, 2.45) is 20.4 Å². The van der Waals surface area contributed by atoms with Crippen molar-refractivity contribution in [1.82, 2.24) is 0 Å². The highest BCUT2D eigenvalue weighted by molar-refractivity contribution is 8.02. The Morgan fingerprint density at radius 3 is 1.12 bits per heavy atom. The van der Waals surface area contributed by atoms with Gasteiger partial charge in [-0.2, -0.15) is 33.7 Å². The molecule has 350 valence electrons. The van der Waals surface area contributed by atoms with Crippen molar-refractivity contribution in [3.8, 4) is 33.8 Å². The van der Waals surface area contributed by atoms with Crippen LogP contribution in [0.5, 0.6) is 11.5 Å². The summed E-state index contributed by atoms with van der Waals surface area (Å²) in [5.74, 6) is 3.99. The molecule has 10 nitrogen and oxygen atoms in total. The molecule has 2 atom stereocenters. The number of fused-ring (bicyclic) bond motifs is 6. The van der Waals surface area contributed by atoms with Crippen LogP contribution in [0.3, 0.4) is 0 Å². The Balaban J connectivity index is 0.823. The predicted octanol–water partition coefficient (Wildman–Crippen LogP) is 10.7. The Kier molecular flexibility index (Phi) is 16.8. The van der Waals surface area contributed by atoms with Gasteiger partial charge in [0.05, 0.1) is 24.6 Å². The van der Waals surface area contributed by atoms with Crippen molar-refractivity contribution >= 4 is 58.8 Å². The van der Waals surface area contributed by atoms with Crippen LogP contribution < -0.4 is 19.3 Å². The summed E-state index contributed by atoms with van der Waals surface area (Å²) in [6.45, 7) is 12.3. The maximum absolute atomic E-state index is 11.0. The maximum atomic E-state index is 11.0. The van der Waals surface area contributed by atoms with Gasteiger partial charge in [0.2, 0.25) is 0 Å². The summed E-state index contributed by atoms with van der Waals surface area (Å²) in [6, 6.07) is 45.3. The third-order valence-electron chi connectivity index (χ3n) is 12.1. The molecule has 0 bridgehead atoms. The molecule has 0 fully saturated rings. The highest BCUT2D eigenvalue weighted by Crippen LogP contribution is 2.38. The zero-order chi connectivity index (χ0) is 47.2. The molecule has 12 heteroatoms. The maximum Gasteiger partial charge on any atom is 0.130 e. The second-order valence-electron chi connectivity index (χ2n) is 16.4. The molecule has 0 saturated carbocycles. The summed E-state index contributed by atoms with van der Waals surface area (Å²) in [5, 5.41) is 40.5. The molecule has 8 rings (SSSR count). The number of hydrogen-bond acceptors (Lipinski definition) is 12. The molecule has 0 heterocycles. The summed E-state index contributed by atoms with van der Waals surface area (Å²) in [6.07, 6.45) is 2.13. The van der Waals surface area contributed by atoms with E-state index in [-0.39, 0.29) is 13.2 Å².